The van der Waals surface area contributed by atoms with Crippen LogP contribution in [0.5, 0.6) is 11.5 Å². The van der Waals surface area contributed by atoms with E-state index in [1.807, 2.05) is 0 Å². The third kappa shape index (κ3) is 2.68. The van der Waals surface area contributed by atoms with Crippen LogP contribution in [0.2, 0.25) is 0 Å². The Labute approximate surface area is 116 Å². The summed E-state index contributed by atoms with van der Waals surface area (Å²) in [5, 5.41) is 2.77. The fourth-order valence-electron chi connectivity index (χ4n) is 2.37. The quantitative estimate of drug-likeness (QED) is 0.895. The molecule has 0 unspecified atom stereocenters. The maximum Gasteiger partial charge on any atom is 0.243 e. The van der Waals surface area contributed by atoms with Gasteiger partial charge in [0.25, 0.3) is 0 Å². The van der Waals surface area contributed by atoms with Gasteiger partial charge in [-0.3, -0.25) is 9.59 Å². The number of hydrogen-bond donors (Lipinski definition) is 1. The van der Waals surface area contributed by atoms with E-state index < -0.39 is 0 Å². The van der Waals surface area contributed by atoms with Gasteiger partial charge >= 0.3 is 0 Å². The summed E-state index contributed by atoms with van der Waals surface area (Å²) in [6.45, 7) is 1.81. The standard InChI is InChI=1S/C14H16N2O4/c17-13(9-16-5-1-2-14(16)18)15-10-3-4-11-12(8-10)20-7-6-19-11/h3-4,8H,1-2,5-7,9H2,(H,15,17). The van der Waals surface area contributed by atoms with Crippen LogP contribution in [0.1, 0.15) is 12.8 Å². The molecule has 0 aliphatic carbocycles. The minimum atomic E-state index is -0.197. The van der Waals surface area contributed by atoms with Crippen molar-refractivity contribution in [1.82, 2.24) is 4.90 Å². The van der Waals surface area contributed by atoms with E-state index in [-0.39, 0.29) is 18.4 Å². The lowest BCUT2D eigenvalue weighted by Gasteiger charge is -2.19. The first-order chi connectivity index (χ1) is 9.72. The first-order valence-corrected chi connectivity index (χ1v) is 6.70. The molecule has 0 radical (unpaired) electrons. The molecule has 1 fully saturated rings. The van der Waals surface area contributed by atoms with E-state index in [0.29, 0.717) is 43.4 Å². The number of fused-ring (bicyclic) bond motifs is 1. The summed E-state index contributed by atoms with van der Waals surface area (Å²) in [4.78, 5) is 24.9. The second-order valence-electron chi connectivity index (χ2n) is 4.83. The fourth-order valence-corrected chi connectivity index (χ4v) is 2.37. The van der Waals surface area contributed by atoms with Crippen LogP contribution in [0.25, 0.3) is 0 Å². The highest BCUT2D eigenvalue weighted by Gasteiger charge is 2.22. The molecule has 20 heavy (non-hydrogen) atoms. The molecule has 1 saturated heterocycles. The van der Waals surface area contributed by atoms with Crippen LogP contribution in [-0.2, 0) is 9.59 Å². The third-order valence-corrected chi connectivity index (χ3v) is 3.33. The number of carbonyl (C=O) groups excluding carboxylic acids is 2. The van der Waals surface area contributed by atoms with Crippen molar-refractivity contribution in [2.75, 3.05) is 31.6 Å². The molecule has 2 heterocycles. The summed E-state index contributed by atoms with van der Waals surface area (Å²) in [5.74, 6) is 1.16. The number of rotatable bonds is 3. The SMILES string of the molecule is O=C(CN1CCCC1=O)Nc1ccc2c(c1)OCCO2. The Bertz CT molecular complexity index is 544. The molecule has 2 aliphatic rings. The second-order valence-corrected chi connectivity index (χ2v) is 4.83. The van der Waals surface area contributed by atoms with Crippen molar-refractivity contribution in [3.8, 4) is 11.5 Å². The molecule has 0 bridgehead atoms. The fraction of sp³-hybridized carbons (Fsp3) is 0.429. The highest BCUT2D eigenvalue weighted by molar-refractivity contribution is 5.95. The summed E-state index contributed by atoms with van der Waals surface area (Å²) in [6, 6.07) is 5.26. The van der Waals surface area contributed by atoms with Gasteiger partial charge < -0.3 is 19.7 Å². The molecule has 2 aliphatic heterocycles. The van der Waals surface area contributed by atoms with Gasteiger partial charge in [-0.15, -0.1) is 0 Å². The van der Waals surface area contributed by atoms with E-state index in [1.54, 1.807) is 23.1 Å². The first-order valence-electron chi connectivity index (χ1n) is 6.70. The Morgan fingerprint density at radius 1 is 1.25 bits per heavy atom. The molecule has 0 atom stereocenters. The van der Waals surface area contributed by atoms with E-state index in [9.17, 15) is 9.59 Å². The summed E-state index contributed by atoms with van der Waals surface area (Å²) < 4.78 is 10.9. The van der Waals surface area contributed by atoms with E-state index in [2.05, 4.69) is 5.32 Å². The van der Waals surface area contributed by atoms with Gasteiger partial charge in [-0.2, -0.15) is 0 Å². The lowest BCUT2D eigenvalue weighted by atomic mass is 10.2. The minimum Gasteiger partial charge on any atom is -0.486 e. The van der Waals surface area contributed by atoms with Crippen LogP contribution in [-0.4, -0.2) is 43.0 Å². The number of carbonyl (C=O) groups is 2. The van der Waals surface area contributed by atoms with E-state index in [4.69, 9.17) is 9.47 Å². The molecule has 0 aromatic heterocycles. The Hall–Kier alpha value is -2.24. The van der Waals surface area contributed by atoms with Gasteiger partial charge in [0.1, 0.15) is 13.2 Å². The molecule has 6 nitrogen and oxygen atoms in total. The average Bonchev–Trinajstić information content (AvgIpc) is 2.84. The number of amides is 2. The lowest BCUT2D eigenvalue weighted by molar-refractivity contribution is -0.131. The molecule has 2 amide bonds. The van der Waals surface area contributed by atoms with Crippen LogP contribution in [0.4, 0.5) is 5.69 Å². The predicted octanol–water partition coefficient (Wildman–Crippen LogP) is 1.02. The number of nitrogens with one attached hydrogen (secondary N) is 1. The molecular formula is C14H16N2O4. The Kier molecular flexibility index (Phi) is 3.45. The Balaban J connectivity index is 1.62. The maximum atomic E-state index is 11.9. The van der Waals surface area contributed by atoms with Gasteiger partial charge in [-0.1, -0.05) is 0 Å². The number of anilines is 1. The zero-order chi connectivity index (χ0) is 13.9. The van der Waals surface area contributed by atoms with Crippen molar-refractivity contribution in [3.05, 3.63) is 18.2 Å². The summed E-state index contributed by atoms with van der Waals surface area (Å²) in [6.07, 6.45) is 1.37. The molecule has 1 aromatic rings. The van der Waals surface area contributed by atoms with E-state index in [1.165, 1.54) is 0 Å². The van der Waals surface area contributed by atoms with Crippen molar-refractivity contribution >= 4 is 17.5 Å². The number of benzene rings is 1. The van der Waals surface area contributed by atoms with Gasteiger partial charge in [0, 0.05) is 24.7 Å². The molecule has 6 heteroatoms. The largest absolute Gasteiger partial charge is 0.486 e. The normalized spacial score (nSPS) is 17.2. The monoisotopic (exact) mass is 276 g/mol. The smallest absolute Gasteiger partial charge is 0.243 e. The average molecular weight is 276 g/mol. The zero-order valence-corrected chi connectivity index (χ0v) is 11.1. The van der Waals surface area contributed by atoms with Crippen LogP contribution < -0.4 is 14.8 Å². The van der Waals surface area contributed by atoms with Gasteiger partial charge in [-0.05, 0) is 18.6 Å². The van der Waals surface area contributed by atoms with Crippen molar-refractivity contribution in [2.24, 2.45) is 0 Å². The molecule has 106 valence electrons. The minimum absolute atomic E-state index is 0.0438. The van der Waals surface area contributed by atoms with Crippen molar-refractivity contribution in [2.45, 2.75) is 12.8 Å². The Morgan fingerprint density at radius 3 is 2.80 bits per heavy atom. The van der Waals surface area contributed by atoms with Crippen LogP contribution in [0.15, 0.2) is 18.2 Å². The molecule has 1 aromatic carbocycles. The highest BCUT2D eigenvalue weighted by Crippen LogP contribution is 2.32. The van der Waals surface area contributed by atoms with Crippen molar-refractivity contribution < 1.29 is 19.1 Å². The lowest BCUT2D eigenvalue weighted by Crippen LogP contribution is -2.33. The molecular weight excluding hydrogens is 260 g/mol. The van der Waals surface area contributed by atoms with Crippen molar-refractivity contribution in [1.29, 1.82) is 0 Å². The van der Waals surface area contributed by atoms with E-state index >= 15 is 0 Å². The Morgan fingerprint density at radius 2 is 2.05 bits per heavy atom. The summed E-state index contributed by atoms with van der Waals surface area (Å²) in [5.41, 5.74) is 0.644. The second kappa shape index (κ2) is 5.40. The number of likely N-dealkylation sites (tertiary alicyclic amines) is 1. The predicted molar refractivity (Wildman–Crippen MR) is 71.9 cm³/mol. The molecule has 1 N–H and O–H groups in total. The van der Waals surface area contributed by atoms with E-state index in [0.717, 1.165) is 6.42 Å². The first kappa shape index (κ1) is 12.8. The topological polar surface area (TPSA) is 67.9 Å². The number of hydrogen-bond acceptors (Lipinski definition) is 4. The van der Waals surface area contributed by atoms with Crippen LogP contribution in [0, 0.1) is 0 Å². The summed E-state index contributed by atoms with van der Waals surface area (Å²) in [7, 11) is 0. The molecule has 0 saturated carbocycles. The van der Waals surface area contributed by atoms with Gasteiger partial charge in [0.2, 0.25) is 11.8 Å². The van der Waals surface area contributed by atoms with Crippen molar-refractivity contribution in [3.63, 3.8) is 0 Å². The van der Waals surface area contributed by atoms with Crippen LogP contribution in [0.3, 0.4) is 0 Å². The summed E-state index contributed by atoms with van der Waals surface area (Å²) >= 11 is 0. The maximum absolute atomic E-state index is 11.9. The zero-order valence-electron chi connectivity index (χ0n) is 11.1. The third-order valence-electron chi connectivity index (χ3n) is 3.33. The van der Waals surface area contributed by atoms with Gasteiger partial charge in [0.15, 0.2) is 11.5 Å². The van der Waals surface area contributed by atoms with Gasteiger partial charge in [-0.25, -0.2) is 0 Å². The highest BCUT2D eigenvalue weighted by atomic mass is 16.6. The van der Waals surface area contributed by atoms with Crippen LogP contribution >= 0.6 is 0 Å². The van der Waals surface area contributed by atoms with Gasteiger partial charge in [0.05, 0.1) is 6.54 Å². The number of nitrogens with zero attached hydrogens (tertiary/aromatic N) is 1. The number of ether oxygens (including phenoxy) is 2. The molecule has 0 spiro atoms. The molecule has 3 rings (SSSR count).